The van der Waals surface area contributed by atoms with Gasteiger partial charge in [0.05, 0.1) is 5.52 Å². The van der Waals surface area contributed by atoms with Gasteiger partial charge >= 0.3 is 0 Å². The summed E-state index contributed by atoms with van der Waals surface area (Å²) in [4.78, 5) is 4.25. The van der Waals surface area contributed by atoms with Crippen molar-refractivity contribution in [3.05, 3.63) is 34.6 Å². The molecule has 0 saturated heterocycles. The predicted octanol–water partition coefficient (Wildman–Crippen LogP) is 1.74. The summed E-state index contributed by atoms with van der Waals surface area (Å²) in [6.07, 6.45) is 2.34. The molecular formula is C9H9BrFN3. The molecule has 2 heterocycles. The Morgan fingerprint density at radius 1 is 1.57 bits per heavy atom. The Balaban J connectivity index is 2.65. The minimum absolute atomic E-state index is 0.266. The van der Waals surface area contributed by atoms with Gasteiger partial charge in [-0.05, 0) is 28.5 Å². The zero-order valence-corrected chi connectivity index (χ0v) is 8.96. The molecule has 2 rings (SSSR count). The van der Waals surface area contributed by atoms with E-state index < -0.39 is 0 Å². The summed E-state index contributed by atoms with van der Waals surface area (Å²) in [6.45, 7) is 0.531. The van der Waals surface area contributed by atoms with Crippen molar-refractivity contribution in [1.29, 1.82) is 0 Å². The number of imidazole rings is 1. The molecule has 0 radical (unpaired) electrons. The zero-order valence-electron chi connectivity index (χ0n) is 7.37. The number of rotatable bonds is 2. The smallest absolute Gasteiger partial charge is 0.132 e. The van der Waals surface area contributed by atoms with Gasteiger partial charge in [-0.2, -0.15) is 0 Å². The van der Waals surface area contributed by atoms with Crippen molar-refractivity contribution in [2.24, 2.45) is 5.73 Å². The first-order valence-electron chi connectivity index (χ1n) is 4.24. The number of nitrogens with zero attached hydrogens (tertiary/aromatic N) is 2. The standard InChI is InChI=1S/C9H9BrFN3/c10-9-7-5-6(11)2-4-14(7)8(13-9)1-3-12/h2,4-5H,1,3,12H2. The lowest BCUT2D eigenvalue weighted by atomic mass is 10.4. The third-order valence-electron chi connectivity index (χ3n) is 2.00. The summed E-state index contributed by atoms with van der Waals surface area (Å²) < 4.78 is 15.4. The molecule has 2 aromatic heterocycles. The van der Waals surface area contributed by atoms with Crippen LogP contribution in [0.4, 0.5) is 4.39 Å². The Morgan fingerprint density at radius 3 is 3.07 bits per heavy atom. The van der Waals surface area contributed by atoms with Gasteiger partial charge in [-0.1, -0.05) is 0 Å². The monoisotopic (exact) mass is 257 g/mol. The second-order valence-corrected chi connectivity index (χ2v) is 3.71. The lowest BCUT2D eigenvalue weighted by molar-refractivity contribution is 0.626. The van der Waals surface area contributed by atoms with Crippen LogP contribution < -0.4 is 5.73 Å². The fourth-order valence-electron chi connectivity index (χ4n) is 1.39. The number of pyridine rings is 1. The molecule has 0 amide bonds. The third kappa shape index (κ3) is 1.53. The van der Waals surface area contributed by atoms with Crippen LogP contribution >= 0.6 is 15.9 Å². The Morgan fingerprint density at radius 2 is 2.36 bits per heavy atom. The molecular weight excluding hydrogens is 249 g/mol. The fourth-order valence-corrected chi connectivity index (χ4v) is 1.90. The number of hydrogen-bond donors (Lipinski definition) is 1. The van der Waals surface area contributed by atoms with Gasteiger partial charge in [0.1, 0.15) is 16.2 Å². The molecule has 0 bridgehead atoms. The van der Waals surface area contributed by atoms with E-state index in [-0.39, 0.29) is 5.82 Å². The van der Waals surface area contributed by atoms with Gasteiger partial charge in [-0.25, -0.2) is 9.37 Å². The number of halogens is 2. The molecule has 2 N–H and O–H groups in total. The van der Waals surface area contributed by atoms with E-state index in [0.717, 1.165) is 11.3 Å². The summed E-state index contributed by atoms with van der Waals surface area (Å²) in [5.74, 6) is 0.576. The lowest BCUT2D eigenvalue weighted by Gasteiger charge is -1.98. The lowest BCUT2D eigenvalue weighted by Crippen LogP contribution is -2.06. The second kappa shape index (κ2) is 3.67. The number of nitrogens with two attached hydrogens (primary N) is 1. The highest BCUT2D eigenvalue weighted by Gasteiger charge is 2.08. The average molecular weight is 258 g/mol. The third-order valence-corrected chi connectivity index (χ3v) is 2.59. The molecule has 0 aliphatic rings. The molecule has 3 nitrogen and oxygen atoms in total. The molecule has 0 aliphatic heterocycles. The van der Waals surface area contributed by atoms with Crippen LogP contribution in [0.2, 0.25) is 0 Å². The largest absolute Gasteiger partial charge is 0.330 e. The molecule has 2 aromatic rings. The molecule has 0 spiro atoms. The van der Waals surface area contributed by atoms with Gasteiger partial charge in [0, 0.05) is 18.7 Å². The minimum atomic E-state index is -0.266. The van der Waals surface area contributed by atoms with Crippen LogP contribution in [0.5, 0.6) is 0 Å². The van der Waals surface area contributed by atoms with Crippen molar-refractivity contribution in [2.75, 3.05) is 6.54 Å². The van der Waals surface area contributed by atoms with E-state index >= 15 is 0 Å². The molecule has 74 valence electrons. The second-order valence-electron chi connectivity index (χ2n) is 2.96. The van der Waals surface area contributed by atoms with E-state index in [2.05, 4.69) is 20.9 Å². The average Bonchev–Trinajstić information content (AvgIpc) is 2.44. The van der Waals surface area contributed by atoms with E-state index in [0.29, 0.717) is 17.6 Å². The number of fused-ring (bicyclic) bond motifs is 1. The normalized spacial score (nSPS) is 11.1. The van der Waals surface area contributed by atoms with E-state index in [1.54, 1.807) is 6.20 Å². The maximum Gasteiger partial charge on any atom is 0.132 e. The molecule has 0 aliphatic carbocycles. The molecule has 0 atom stereocenters. The maximum atomic E-state index is 12.9. The summed E-state index contributed by atoms with van der Waals surface area (Å²) in [6, 6.07) is 2.85. The summed E-state index contributed by atoms with van der Waals surface area (Å²) >= 11 is 3.28. The van der Waals surface area contributed by atoms with Crippen LogP contribution in [0.15, 0.2) is 22.9 Å². The maximum absolute atomic E-state index is 12.9. The number of aromatic nitrogens is 2. The Kier molecular flexibility index (Phi) is 2.52. The molecule has 0 fully saturated rings. The van der Waals surface area contributed by atoms with Gasteiger partial charge in [-0.3, -0.25) is 0 Å². The first-order valence-corrected chi connectivity index (χ1v) is 5.03. The van der Waals surface area contributed by atoms with Crippen molar-refractivity contribution in [3.63, 3.8) is 0 Å². The highest BCUT2D eigenvalue weighted by molar-refractivity contribution is 9.10. The van der Waals surface area contributed by atoms with Crippen molar-refractivity contribution >= 4 is 21.4 Å². The topological polar surface area (TPSA) is 43.3 Å². The first-order chi connectivity index (χ1) is 6.72. The highest BCUT2D eigenvalue weighted by Crippen LogP contribution is 2.19. The minimum Gasteiger partial charge on any atom is -0.330 e. The van der Waals surface area contributed by atoms with Crippen LogP contribution in [0.1, 0.15) is 5.82 Å². The highest BCUT2D eigenvalue weighted by atomic mass is 79.9. The van der Waals surface area contributed by atoms with Gasteiger partial charge in [-0.15, -0.1) is 0 Å². The van der Waals surface area contributed by atoms with Gasteiger partial charge in [0.15, 0.2) is 0 Å². The molecule has 0 unspecified atom stereocenters. The Labute approximate surface area is 88.9 Å². The van der Waals surface area contributed by atoms with Crippen molar-refractivity contribution < 1.29 is 4.39 Å². The summed E-state index contributed by atoms with van der Waals surface area (Å²) in [5, 5.41) is 0. The van der Waals surface area contributed by atoms with E-state index in [9.17, 15) is 4.39 Å². The SMILES string of the molecule is NCCc1nc(Br)c2cc(F)ccn12. The Bertz CT molecular complexity index is 466. The fraction of sp³-hybridized carbons (Fsp3) is 0.222. The molecule has 0 saturated carbocycles. The predicted molar refractivity (Wildman–Crippen MR) is 55.6 cm³/mol. The van der Waals surface area contributed by atoms with Gasteiger partial charge in [0.25, 0.3) is 0 Å². The summed E-state index contributed by atoms with van der Waals surface area (Å²) in [5.41, 5.74) is 6.18. The van der Waals surface area contributed by atoms with Crippen LogP contribution in [0, 0.1) is 5.82 Å². The van der Waals surface area contributed by atoms with Crippen molar-refractivity contribution in [3.8, 4) is 0 Å². The Hall–Kier alpha value is -0.940. The quantitative estimate of drug-likeness (QED) is 0.891. The molecule has 14 heavy (non-hydrogen) atoms. The summed E-state index contributed by atoms with van der Waals surface area (Å²) in [7, 11) is 0. The molecule has 0 aromatic carbocycles. The molecule has 5 heteroatoms. The van der Waals surface area contributed by atoms with Gasteiger partial charge in [0.2, 0.25) is 0 Å². The van der Waals surface area contributed by atoms with Crippen LogP contribution in [0.3, 0.4) is 0 Å². The van der Waals surface area contributed by atoms with E-state index in [4.69, 9.17) is 5.73 Å². The van der Waals surface area contributed by atoms with Crippen LogP contribution in [0.25, 0.3) is 5.52 Å². The van der Waals surface area contributed by atoms with E-state index in [1.165, 1.54) is 12.1 Å². The zero-order chi connectivity index (χ0) is 10.1. The van der Waals surface area contributed by atoms with Crippen LogP contribution in [-0.4, -0.2) is 15.9 Å². The van der Waals surface area contributed by atoms with E-state index in [1.807, 2.05) is 4.40 Å². The van der Waals surface area contributed by atoms with Crippen molar-refractivity contribution in [1.82, 2.24) is 9.38 Å². The van der Waals surface area contributed by atoms with Gasteiger partial charge < -0.3 is 10.1 Å². The first kappa shape index (κ1) is 9.61. The van der Waals surface area contributed by atoms with Crippen molar-refractivity contribution in [2.45, 2.75) is 6.42 Å². The van der Waals surface area contributed by atoms with Crippen LogP contribution in [-0.2, 0) is 6.42 Å². The number of hydrogen-bond acceptors (Lipinski definition) is 2.